The molecule has 0 bridgehead atoms. The number of nitrogens with two attached hydrogens (primary N) is 1. The molecule has 1 heterocycles. The number of aromatic nitrogens is 1. The van der Waals surface area contributed by atoms with E-state index in [1.807, 2.05) is 38.1 Å². The lowest BCUT2D eigenvalue weighted by Crippen LogP contribution is -2.16. The topological polar surface area (TPSA) is 86.5 Å². The molecule has 0 aliphatic carbocycles. The third-order valence-corrected chi connectivity index (χ3v) is 3.88. The number of hydrogen-bond donors (Lipinski definition) is 2. The van der Waals surface area contributed by atoms with E-state index in [0.29, 0.717) is 29.4 Å². The average molecular weight is 363 g/mol. The van der Waals surface area contributed by atoms with Crippen LogP contribution in [0.25, 0.3) is 0 Å². The summed E-state index contributed by atoms with van der Waals surface area (Å²) in [5.74, 6) is 2.00. The van der Waals surface area contributed by atoms with Crippen molar-refractivity contribution in [3.05, 3.63) is 71.9 Å². The van der Waals surface area contributed by atoms with Crippen LogP contribution in [0.3, 0.4) is 0 Å². The van der Waals surface area contributed by atoms with Gasteiger partial charge in [0.2, 0.25) is 0 Å². The number of benzene rings is 2. The number of pyridine rings is 1. The van der Waals surface area contributed by atoms with Gasteiger partial charge in [-0.05, 0) is 61.9 Å². The van der Waals surface area contributed by atoms with Gasteiger partial charge in [-0.25, -0.2) is 4.98 Å². The lowest BCUT2D eigenvalue weighted by atomic mass is 10.1. The number of nitrogen functional groups attached to an aromatic ring is 1. The van der Waals surface area contributed by atoms with E-state index in [0.717, 1.165) is 11.3 Å². The van der Waals surface area contributed by atoms with Crippen LogP contribution in [0.4, 0.5) is 11.5 Å². The summed E-state index contributed by atoms with van der Waals surface area (Å²) in [6, 6.07) is 16.3. The van der Waals surface area contributed by atoms with Crippen LogP contribution in [0, 0.1) is 6.92 Å². The molecule has 0 aliphatic rings. The van der Waals surface area contributed by atoms with Crippen molar-refractivity contribution in [3.63, 3.8) is 0 Å². The second-order valence-corrected chi connectivity index (χ2v) is 5.88. The zero-order valence-corrected chi connectivity index (χ0v) is 15.2. The molecule has 1 aromatic heterocycles. The van der Waals surface area contributed by atoms with Crippen LogP contribution in [0.2, 0.25) is 0 Å². The Labute approximate surface area is 158 Å². The number of nitrogens with one attached hydrogen (secondary N) is 1. The third kappa shape index (κ3) is 4.55. The molecule has 6 heteroatoms. The number of aryl methyl sites for hydroxylation is 1. The van der Waals surface area contributed by atoms with E-state index in [-0.39, 0.29) is 11.7 Å². The van der Waals surface area contributed by atoms with Gasteiger partial charge in [-0.3, -0.25) is 4.79 Å². The molecule has 0 saturated heterocycles. The van der Waals surface area contributed by atoms with E-state index in [2.05, 4.69) is 10.3 Å². The van der Waals surface area contributed by atoms with Gasteiger partial charge in [0.1, 0.15) is 23.1 Å². The lowest BCUT2D eigenvalue weighted by molar-refractivity contribution is 0.102. The Morgan fingerprint density at radius 1 is 1.07 bits per heavy atom. The van der Waals surface area contributed by atoms with Crippen molar-refractivity contribution >= 4 is 17.4 Å². The first kappa shape index (κ1) is 18.3. The maximum Gasteiger partial charge on any atom is 0.259 e. The maximum absolute atomic E-state index is 12.5. The predicted octanol–water partition coefficient (Wildman–Crippen LogP) is 4.42. The highest BCUT2D eigenvalue weighted by Crippen LogP contribution is 2.26. The molecule has 138 valence electrons. The van der Waals surface area contributed by atoms with Crippen molar-refractivity contribution in [3.8, 4) is 17.2 Å². The van der Waals surface area contributed by atoms with Crippen LogP contribution in [0.5, 0.6) is 17.2 Å². The fourth-order valence-corrected chi connectivity index (χ4v) is 2.60. The summed E-state index contributed by atoms with van der Waals surface area (Å²) >= 11 is 0. The van der Waals surface area contributed by atoms with Gasteiger partial charge in [-0.1, -0.05) is 6.07 Å². The first-order valence-electron chi connectivity index (χ1n) is 8.60. The number of nitrogens with zero attached hydrogens (tertiary/aromatic N) is 1. The van der Waals surface area contributed by atoms with Crippen molar-refractivity contribution in [2.24, 2.45) is 0 Å². The zero-order chi connectivity index (χ0) is 19.2. The minimum absolute atomic E-state index is 0.210. The van der Waals surface area contributed by atoms with E-state index in [1.54, 1.807) is 36.5 Å². The molecule has 0 radical (unpaired) electrons. The maximum atomic E-state index is 12.5. The molecule has 0 aliphatic heterocycles. The van der Waals surface area contributed by atoms with Crippen molar-refractivity contribution < 1.29 is 14.3 Å². The molecule has 0 saturated carbocycles. The molecule has 3 aromatic rings. The summed E-state index contributed by atoms with van der Waals surface area (Å²) in [6.45, 7) is 4.35. The van der Waals surface area contributed by atoms with E-state index >= 15 is 0 Å². The minimum atomic E-state index is -0.295. The monoisotopic (exact) mass is 363 g/mol. The molecule has 0 atom stereocenters. The summed E-state index contributed by atoms with van der Waals surface area (Å²) in [5.41, 5.74) is 7.61. The van der Waals surface area contributed by atoms with Gasteiger partial charge in [-0.15, -0.1) is 0 Å². The molecule has 0 fully saturated rings. The van der Waals surface area contributed by atoms with Crippen molar-refractivity contribution in [2.75, 3.05) is 17.7 Å². The van der Waals surface area contributed by atoms with Crippen LogP contribution in [0.1, 0.15) is 22.8 Å². The number of ether oxygens (including phenoxy) is 2. The Morgan fingerprint density at radius 3 is 2.52 bits per heavy atom. The Kier molecular flexibility index (Phi) is 5.56. The molecule has 0 spiro atoms. The van der Waals surface area contributed by atoms with Crippen LogP contribution in [-0.2, 0) is 0 Å². The Balaban J connectivity index is 1.68. The standard InChI is InChI=1S/C21H21N3O3/c1-3-26-17-5-4-6-18(13-17)27-16-9-7-15(8-10-16)24-21(25)19-14(2)11-12-23-20(19)22/h4-13H,3H2,1-2H3,(H2,22,23)(H,24,25). The normalized spacial score (nSPS) is 10.3. The Bertz CT molecular complexity index is 919. The number of amides is 1. The number of carbonyl (C=O) groups is 1. The smallest absolute Gasteiger partial charge is 0.259 e. The van der Waals surface area contributed by atoms with Gasteiger partial charge in [0.05, 0.1) is 12.2 Å². The van der Waals surface area contributed by atoms with Crippen molar-refractivity contribution in [1.29, 1.82) is 0 Å². The predicted molar refractivity (Wildman–Crippen MR) is 105 cm³/mol. The van der Waals surface area contributed by atoms with Gasteiger partial charge in [0, 0.05) is 18.0 Å². The van der Waals surface area contributed by atoms with E-state index in [4.69, 9.17) is 15.2 Å². The van der Waals surface area contributed by atoms with Crippen LogP contribution >= 0.6 is 0 Å². The first-order chi connectivity index (χ1) is 13.1. The highest BCUT2D eigenvalue weighted by Gasteiger charge is 2.14. The molecular weight excluding hydrogens is 342 g/mol. The average Bonchev–Trinajstić information content (AvgIpc) is 2.64. The van der Waals surface area contributed by atoms with E-state index in [9.17, 15) is 4.79 Å². The number of rotatable bonds is 6. The van der Waals surface area contributed by atoms with E-state index in [1.165, 1.54) is 0 Å². The first-order valence-corrected chi connectivity index (χ1v) is 8.60. The van der Waals surface area contributed by atoms with Crippen LogP contribution in [-0.4, -0.2) is 17.5 Å². The summed E-state index contributed by atoms with van der Waals surface area (Å²) in [5, 5.41) is 2.82. The molecular formula is C21H21N3O3. The number of carbonyl (C=O) groups excluding carboxylic acids is 1. The van der Waals surface area contributed by atoms with Crippen molar-refractivity contribution in [2.45, 2.75) is 13.8 Å². The molecule has 6 nitrogen and oxygen atoms in total. The van der Waals surface area contributed by atoms with Crippen LogP contribution in [0.15, 0.2) is 60.8 Å². The van der Waals surface area contributed by atoms with Gasteiger partial charge in [0.15, 0.2) is 0 Å². The number of anilines is 2. The van der Waals surface area contributed by atoms with Crippen molar-refractivity contribution in [1.82, 2.24) is 4.98 Å². The molecule has 3 rings (SSSR count). The Morgan fingerprint density at radius 2 is 1.81 bits per heavy atom. The highest BCUT2D eigenvalue weighted by atomic mass is 16.5. The van der Waals surface area contributed by atoms with Gasteiger partial charge >= 0.3 is 0 Å². The quantitative estimate of drug-likeness (QED) is 0.677. The minimum Gasteiger partial charge on any atom is -0.494 e. The lowest BCUT2D eigenvalue weighted by Gasteiger charge is -2.11. The van der Waals surface area contributed by atoms with E-state index < -0.39 is 0 Å². The largest absolute Gasteiger partial charge is 0.494 e. The summed E-state index contributed by atoms with van der Waals surface area (Å²) < 4.78 is 11.3. The molecule has 27 heavy (non-hydrogen) atoms. The van der Waals surface area contributed by atoms with Gasteiger partial charge in [-0.2, -0.15) is 0 Å². The molecule has 3 N–H and O–H groups in total. The molecule has 2 aromatic carbocycles. The molecule has 0 unspecified atom stereocenters. The zero-order valence-electron chi connectivity index (χ0n) is 15.2. The SMILES string of the molecule is CCOc1cccc(Oc2ccc(NC(=O)c3c(C)ccnc3N)cc2)c1. The molecule has 1 amide bonds. The number of hydrogen-bond acceptors (Lipinski definition) is 5. The van der Waals surface area contributed by atoms with Gasteiger partial charge in [0.25, 0.3) is 5.91 Å². The van der Waals surface area contributed by atoms with Gasteiger partial charge < -0.3 is 20.5 Å². The van der Waals surface area contributed by atoms with Crippen LogP contribution < -0.4 is 20.5 Å². The fourth-order valence-electron chi connectivity index (χ4n) is 2.60. The fraction of sp³-hybridized carbons (Fsp3) is 0.143. The third-order valence-electron chi connectivity index (χ3n) is 3.88. The Hall–Kier alpha value is -3.54. The second-order valence-electron chi connectivity index (χ2n) is 5.88. The highest BCUT2D eigenvalue weighted by molar-refractivity contribution is 6.08. The second kappa shape index (κ2) is 8.23. The summed E-state index contributed by atoms with van der Waals surface area (Å²) in [6.07, 6.45) is 1.58. The summed E-state index contributed by atoms with van der Waals surface area (Å²) in [4.78, 5) is 16.4. The summed E-state index contributed by atoms with van der Waals surface area (Å²) in [7, 11) is 0.